The summed E-state index contributed by atoms with van der Waals surface area (Å²) in [6.45, 7) is 1.66. The Balaban J connectivity index is 2.49. The molecule has 0 spiro atoms. The van der Waals surface area contributed by atoms with Gasteiger partial charge in [-0.3, -0.25) is 9.78 Å². The summed E-state index contributed by atoms with van der Waals surface area (Å²) >= 11 is 0. The number of hydrogen-bond donors (Lipinski definition) is 1. The highest BCUT2D eigenvalue weighted by molar-refractivity contribution is 5.86. The van der Waals surface area contributed by atoms with Crippen molar-refractivity contribution in [1.82, 2.24) is 14.8 Å². The quantitative estimate of drug-likeness (QED) is 0.799. The average Bonchev–Trinajstić information content (AvgIpc) is 2.71. The van der Waals surface area contributed by atoms with E-state index in [0.717, 1.165) is 0 Å². The highest BCUT2D eigenvalue weighted by Gasteiger charge is 2.13. The van der Waals surface area contributed by atoms with E-state index in [4.69, 9.17) is 5.11 Å². The highest BCUT2D eigenvalue weighted by atomic mass is 16.4. The molecule has 2 rings (SSSR count). The highest BCUT2D eigenvalue weighted by Crippen LogP contribution is 2.11. The maximum Gasteiger partial charge on any atom is 0.356 e. The van der Waals surface area contributed by atoms with E-state index in [1.807, 2.05) is 0 Å². The molecule has 17 heavy (non-hydrogen) atoms. The fourth-order valence-electron chi connectivity index (χ4n) is 1.45. The number of aryl methyl sites for hydroxylation is 1. The summed E-state index contributed by atoms with van der Waals surface area (Å²) < 4.78 is 1.41. The normalized spacial score (nSPS) is 10.2. The first-order chi connectivity index (χ1) is 8.11. The van der Waals surface area contributed by atoms with Crippen LogP contribution in [-0.2, 0) is 0 Å². The number of carbonyl (C=O) groups excluding carboxylic acids is 1. The molecule has 2 heterocycles. The van der Waals surface area contributed by atoms with Crippen LogP contribution in [0.1, 0.15) is 26.5 Å². The van der Waals surface area contributed by atoms with E-state index in [1.165, 1.54) is 16.9 Å². The van der Waals surface area contributed by atoms with Crippen LogP contribution in [0.2, 0.25) is 0 Å². The maximum atomic E-state index is 10.8. The molecule has 0 saturated carbocycles. The lowest BCUT2D eigenvalue weighted by atomic mass is 10.3. The van der Waals surface area contributed by atoms with Gasteiger partial charge in [0.2, 0.25) is 0 Å². The van der Waals surface area contributed by atoms with Crippen LogP contribution >= 0.6 is 0 Å². The van der Waals surface area contributed by atoms with Crippen LogP contribution in [-0.4, -0.2) is 32.1 Å². The third kappa shape index (κ3) is 2.05. The third-order valence-electron chi connectivity index (χ3n) is 2.25. The second kappa shape index (κ2) is 4.17. The molecule has 0 atom stereocenters. The van der Waals surface area contributed by atoms with Crippen LogP contribution in [0.5, 0.6) is 0 Å². The first-order valence-electron chi connectivity index (χ1n) is 4.83. The van der Waals surface area contributed by atoms with Crippen LogP contribution < -0.4 is 0 Å². The van der Waals surface area contributed by atoms with Crippen molar-refractivity contribution in [1.29, 1.82) is 0 Å². The molecule has 0 amide bonds. The first kappa shape index (κ1) is 11.0. The zero-order valence-electron chi connectivity index (χ0n) is 8.99. The average molecular weight is 231 g/mol. The molecule has 86 valence electrons. The van der Waals surface area contributed by atoms with Crippen molar-refractivity contribution in [2.45, 2.75) is 6.92 Å². The van der Waals surface area contributed by atoms with Gasteiger partial charge in [0.25, 0.3) is 0 Å². The lowest BCUT2D eigenvalue weighted by Gasteiger charge is -2.00. The zero-order chi connectivity index (χ0) is 12.4. The number of aromatic nitrogens is 3. The van der Waals surface area contributed by atoms with Gasteiger partial charge in [0.15, 0.2) is 12.0 Å². The number of carbonyl (C=O) groups is 2. The second-order valence-corrected chi connectivity index (χ2v) is 3.47. The zero-order valence-corrected chi connectivity index (χ0v) is 8.99. The molecule has 0 saturated heterocycles. The van der Waals surface area contributed by atoms with Gasteiger partial charge in [-0.25, -0.2) is 9.48 Å². The fraction of sp³-hybridized carbons (Fsp3) is 0.0909. The van der Waals surface area contributed by atoms with E-state index in [1.54, 1.807) is 19.2 Å². The minimum atomic E-state index is -1.08. The van der Waals surface area contributed by atoms with E-state index < -0.39 is 5.97 Å². The molecule has 0 aliphatic carbocycles. The molecular formula is C11H9N3O3. The van der Waals surface area contributed by atoms with Gasteiger partial charge >= 0.3 is 5.97 Å². The summed E-state index contributed by atoms with van der Waals surface area (Å²) in [6.07, 6.45) is 3.68. The fourth-order valence-corrected chi connectivity index (χ4v) is 1.45. The molecule has 0 aromatic carbocycles. The van der Waals surface area contributed by atoms with Crippen molar-refractivity contribution >= 4 is 12.3 Å². The molecule has 6 nitrogen and oxygen atoms in total. The third-order valence-corrected chi connectivity index (χ3v) is 2.25. The van der Waals surface area contributed by atoms with Gasteiger partial charge in [0.05, 0.1) is 5.69 Å². The van der Waals surface area contributed by atoms with Gasteiger partial charge in [-0.2, -0.15) is 5.10 Å². The van der Waals surface area contributed by atoms with E-state index in [9.17, 15) is 9.59 Å². The summed E-state index contributed by atoms with van der Waals surface area (Å²) in [5.74, 6) is -1.08. The number of pyridine rings is 1. The maximum absolute atomic E-state index is 10.8. The summed E-state index contributed by atoms with van der Waals surface area (Å²) in [7, 11) is 0. The van der Waals surface area contributed by atoms with Crippen molar-refractivity contribution in [3.8, 4) is 5.69 Å². The lowest BCUT2D eigenvalue weighted by molar-refractivity contribution is 0.0689. The van der Waals surface area contributed by atoms with Crippen molar-refractivity contribution in [2.75, 3.05) is 0 Å². The Morgan fingerprint density at radius 2 is 2.29 bits per heavy atom. The number of carboxylic acid groups (broad SMARTS) is 1. The van der Waals surface area contributed by atoms with Gasteiger partial charge in [-0.15, -0.1) is 0 Å². The number of hydrogen-bond acceptors (Lipinski definition) is 4. The van der Waals surface area contributed by atoms with Crippen molar-refractivity contribution < 1.29 is 14.7 Å². The summed E-state index contributed by atoms with van der Waals surface area (Å²) in [5, 5.41) is 12.8. The summed E-state index contributed by atoms with van der Waals surface area (Å²) in [4.78, 5) is 25.3. The predicted molar refractivity (Wildman–Crippen MR) is 58.4 cm³/mol. The molecular weight excluding hydrogens is 222 g/mol. The van der Waals surface area contributed by atoms with Gasteiger partial charge in [0.1, 0.15) is 5.69 Å². The van der Waals surface area contributed by atoms with E-state index in [0.29, 0.717) is 17.5 Å². The van der Waals surface area contributed by atoms with Gasteiger partial charge in [-0.1, -0.05) is 0 Å². The Hall–Kier alpha value is -2.50. The van der Waals surface area contributed by atoms with E-state index in [-0.39, 0.29) is 11.4 Å². The largest absolute Gasteiger partial charge is 0.476 e. The van der Waals surface area contributed by atoms with Crippen LogP contribution in [0.25, 0.3) is 5.69 Å². The predicted octanol–water partition coefficient (Wildman–Crippen LogP) is 1.09. The summed E-state index contributed by atoms with van der Waals surface area (Å²) in [5.41, 5.74) is 1.42. The van der Waals surface area contributed by atoms with Crippen LogP contribution in [0.4, 0.5) is 0 Å². The molecule has 0 radical (unpaired) electrons. The summed E-state index contributed by atoms with van der Waals surface area (Å²) in [6, 6.07) is 3.18. The topological polar surface area (TPSA) is 85.1 Å². The van der Waals surface area contributed by atoms with Gasteiger partial charge in [-0.05, 0) is 19.1 Å². The first-order valence-corrected chi connectivity index (χ1v) is 4.83. The van der Waals surface area contributed by atoms with Crippen molar-refractivity contribution in [3.05, 3.63) is 41.5 Å². The Kier molecular flexibility index (Phi) is 2.70. The number of aldehydes is 1. The molecule has 2 aromatic heterocycles. The SMILES string of the molecule is Cc1cn(-c2ccnc(C=O)c2)nc1C(=O)O. The smallest absolute Gasteiger partial charge is 0.356 e. The van der Waals surface area contributed by atoms with Gasteiger partial charge < -0.3 is 5.11 Å². The number of rotatable bonds is 3. The van der Waals surface area contributed by atoms with E-state index in [2.05, 4.69) is 10.1 Å². The molecule has 2 aromatic rings. The Labute approximate surface area is 96.5 Å². The van der Waals surface area contributed by atoms with Crippen LogP contribution in [0, 0.1) is 6.92 Å². The molecule has 0 aliphatic heterocycles. The minimum absolute atomic E-state index is 0.00512. The number of carboxylic acids is 1. The Bertz CT molecular complexity index is 589. The van der Waals surface area contributed by atoms with Crippen LogP contribution in [0.3, 0.4) is 0 Å². The molecule has 0 aliphatic rings. The molecule has 6 heteroatoms. The van der Waals surface area contributed by atoms with Crippen molar-refractivity contribution in [3.63, 3.8) is 0 Å². The molecule has 0 fully saturated rings. The monoisotopic (exact) mass is 231 g/mol. The lowest BCUT2D eigenvalue weighted by Crippen LogP contribution is -2.02. The molecule has 1 N–H and O–H groups in total. The number of aromatic carboxylic acids is 1. The standard InChI is InChI=1S/C11H9N3O3/c1-7-5-14(13-10(7)11(16)17)9-2-3-12-8(4-9)6-15/h2-6H,1H3,(H,16,17). The second-order valence-electron chi connectivity index (χ2n) is 3.47. The van der Waals surface area contributed by atoms with Crippen molar-refractivity contribution in [2.24, 2.45) is 0 Å². The molecule has 0 bridgehead atoms. The van der Waals surface area contributed by atoms with Crippen LogP contribution in [0.15, 0.2) is 24.5 Å². The Morgan fingerprint density at radius 3 is 2.88 bits per heavy atom. The minimum Gasteiger partial charge on any atom is -0.476 e. The van der Waals surface area contributed by atoms with E-state index >= 15 is 0 Å². The Morgan fingerprint density at radius 1 is 1.53 bits per heavy atom. The molecule has 0 unspecified atom stereocenters. The number of nitrogens with zero attached hydrogens (tertiary/aromatic N) is 3. The van der Waals surface area contributed by atoms with Gasteiger partial charge in [0, 0.05) is 18.0 Å².